The van der Waals surface area contributed by atoms with E-state index in [9.17, 15) is 19.3 Å². The van der Waals surface area contributed by atoms with Crippen LogP contribution in [-0.2, 0) is 6.54 Å². The second kappa shape index (κ2) is 6.51. The van der Waals surface area contributed by atoms with Gasteiger partial charge in [-0.15, -0.1) is 0 Å². The highest BCUT2D eigenvalue weighted by Crippen LogP contribution is 2.26. The van der Waals surface area contributed by atoms with E-state index < -0.39 is 16.8 Å². The zero-order chi connectivity index (χ0) is 15.4. The third kappa shape index (κ3) is 4.14. The van der Waals surface area contributed by atoms with Gasteiger partial charge in [-0.3, -0.25) is 10.1 Å². The average molecular weight is 330 g/mol. The topological polar surface area (TPSA) is 84.3 Å². The predicted molar refractivity (Wildman–Crippen MR) is 78.2 cm³/mol. The standard InChI is InChI=1S/C12H9ClFN3O3S/c13-9-3-7(1-2-10(9)14)5-15-12(18)16-8-4-11(17(19)20)21-6-8/h1-4,6H,5H2,(H2,15,16,18). The molecule has 0 spiro atoms. The first-order valence-corrected chi connectivity index (χ1v) is 6.93. The van der Waals surface area contributed by atoms with Crippen LogP contribution in [0.4, 0.5) is 19.9 Å². The minimum Gasteiger partial charge on any atom is -0.334 e. The van der Waals surface area contributed by atoms with Gasteiger partial charge in [0.2, 0.25) is 0 Å². The third-order valence-electron chi connectivity index (χ3n) is 2.46. The maximum atomic E-state index is 13.0. The molecule has 6 nitrogen and oxygen atoms in total. The van der Waals surface area contributed by atoms with Crippen LogP contribution in [-0.4, -0.2) is 11.0 Å². The van der Waals surface area contributed by atoms with Crippen LogP contribution in [0.15, 0.2) is 29.6 Å². The summed E-state index contributed by atoms with van der Waals surface area (Å²) in [5, 5.41) is 16.9. The number of urea groups is 1. The van der Waals surface area contributed by atoms with Gasteiger partial charge in [-0.05, 0) is 17.7 Å². The van der Waals surface area contributed by atoms with Crippen molar-refractivity contribution in [3.63, 3.8) is 0 Å². The van der Waals surface area contributed by atoms with Crippen molar-refractivity contribution in [2.45, 2.75) is 6.54 Å². The van der Waals surface area contributed by atoms with E-state index in [0.29, 0.717) is 11.3 Å². The van der Waals surface area contributed by atoms with Crippen molar-refractivity contribution >= 4 is 39.7 Å². The van der Waals surface area contributed by atoms with Crippen LogP contribution in [0.5, 0.6) is 0 Å². The van der Waals surface area contributed by atoms with Gasteiger partial charge in [0.15, 0.2) is 0 Å². The second-order valence-corrected chi connectivity index (χ2v) is 5.28. The molecular formula is C12H9ClFN3O3S. The summed E-state index contributed by atoms with van der Waals surface area (Å²) < 4.78 is 13.0. The highest BCUT2D eigenvalue weighted by molar-refractivity contribution is 7.13. The van der Waals surface area contributed by atoms with Gasteiger partial charge in [-0.2, -0.15) is 0 Å². The smallest absolute Gasteiger partial charge is 0.326 e. The molecule has 0 atom stereocenters. The molecule has 0 radical (unpaired) electrons. The fraction of sp³-hybridized carbons (Fsp3) is 0.0833. The quantitative estimate of drug-likeness (QED) is 0.661. The largest absolute Gasteiger partial charge is 0.334 e. The summed E-state index contributed by atoms with van der Waals surface area (Å²) in [5.41, 5.74) is 0.967. The van der Waals surface area contributed by atoms with Crippen LogP contribution in [0.25, 0.3) is 0 Å². The molecule has 21 heavy (non-hydrogen) atoms. The van der Waals surface area contributed by atoms with E-state index in [-0.39, 0.29) is 16.6 Å². The molecule has 1 aromatic heterocycles. The minimum atomic E-state index is -0.533. The van der Waals surface area contributed by atoms with Gasteiger partial charge in [-0.1, -0.05) is 29.0 Å². The van der Waals surface area contributed by atoms with Crippen molar-refractivity contribution in [3.05, 3.63) is 56.2 Å². The van der Waals surface area contributed by atoms with Gasteiger partial charge in [0.1, 0.15) is 5.82 Å². The maximum absolute atomic E-state index is 13.0. The van der Waals surface area contributed by atoms with E-state index in [1.807, 2.05) is 0 Å². The third-order valence-corrected chi connectivity index (χ3v) is 3.63. The number of carbonyl (C=O) groups excluding carboxylic acids is 1. The Bertz CT molecular complexity index is 692. The van der Waals surface area contributed by atoms with Crippen LogP contribution >= 0.6 is 22.9 Å². The molecule has 0 aliphatic carbocycles. The van der Waals surface area contributed by atoms with Gasteiger partial charge in [-0.25, -0.2) is 9.18 Å². The zero-order valence-electron chi connectivity index (χ0n) is 10.4. The molecule has 2 amide bonds. The van der Waals surface area contributed by atoms with Crippen LogP contribution in [0.2, 0.25) is 5.02 Å². The first-order chi connectivity index (χ1) is 9.95. The number of amides is 2. The molecule has 0 bridgehead atoms. The van der Waals surface area contributed by atoms with Gasteiger partial charge in [0, 0.05) is 11.9 Å². The number of hydrogen-bond donors (Lipinski definition) is 2. The molecule has 110 valence electrons. The van der Waals surface area contributed by atoms with E-state index in [0.717, 1.165) is 11.3 Å². The predicted octanol–water partition coefficient (Wildman–Crippen LogP) is 3.77. The van der Waals surface area contributed by atoms with Gasteiger partial charge in [0.25, 0.3) is 0 Å². The summed E-state index contributed by atoms with van der Waals surface area (Å²) >= 11 is 6.54. The number of nitro groups is 1. The number of benzene rings is 1. The van der Waals surface area contributed by atoms with E-state index in [1.165, 1.54) is 29.6 Å². The number of halogens is 2. The first-order valence-electron chi connectivity index (χ1n) is 5.67. The van der Waals surface area contributed by atoms with Crippen molar-refractivity contribution in [2.24, 2.45) is 0 Å². The van der Waals surface area contributed by atoms with Crippen molar-refractivity contribution in [1.82, 2.24) is 5.32 Å². The van der Waals surface area contributed by atoms with Crippen molar-refractivity contribution in [3.8, 4) is 0 Å². The monoisotopic (exact) mass is 329 g/mol. The number of thiophene rings is 1. The lowest BCUT2D eigenvalue weighted by Crippen LogP contribution is -2.27. The molecular weight excluding hydrogens is 321 g/mol. The van der Waals surface area contributed by atoms with Crippen molar-refractivity contribution < 1.29 is 14.1 Å². The molecule has 0 fully saturated rings. The van der Waals surface area contributed by atoms with Crippen molar-refractivity contribution in [2.75, 3.05) is 5.32 Å². The van der Waals surface area contributed by atoms with Gasteiger partial charge in [0.05, 0.1) is 21.7 Å². The fourth-order valence-electron chi connectivity index (χ4n) is 1.49. The van der Waals surface area contributed by atoms with Crippen LogP contribution in [0.1, 0.15) is 5.56 Å². The molecule has 0 aliphatic rings. The Morgan fingerprint density at radius 1 is 1.43 bits per heavy atom. The number of carbonyl (C=O) groups is 1. The minimum absolute atomic E-state index is 0.0248. The molecule has 2 N–H and O–H groups in total. The molecule has 0 saturated carbocycles. The average Bonchev–Trinajstić information content (AvgIpc) is 2.89. The molecule has 2 rings (SSSR count). The molecule has 0 unspecified atom stereocenters. The van der Waals surface area contributed by atoms with Crippen molar-refractivity contribution in [1.29, 1.82) is 0 Å². The Morgan fingerprint density at radius 3 is 2.81 bits per heavy atom. The molecule has 0 saturated heterocycles. The lowest BCUT2D eigenvalue weighted by Gasteiger charge is -2.06. The Balaban J connectivity index is 1.89. The van der Waals surface area contributed by atoms with E-state index >= 15 is 0 Å². The van der Waals surface area contributed by atoms with E-state index in [1.54, 1.807) is 0 Å². The Hall–Kier alpha value is -2.19. The molecule has 2 aromatic rings. The molecule has 1 heterocycles. The first kappa shape index (κ1) is 15.2. The van der Waals surface area contributed by atoms with Gasteiger partial charge < -0.3 is 10.6 Å². The summed E-state index contributed by atoms with van der Waals surface area (Å²) in [7, 11) is 0. The summed E-state index contributed by atoms with van der Waals surface area (Å²) in [6, 6.07) is 4.85. The maximum Gasteiger partial charge on any atom is 0.326 e. The highest BCUT2D eigenvalue weighted by Gasteiger charge is 2.11. The number of hydrogen-bond acceptors (Lipinski definition) is 4. The Labute approximate surface area is 127 Å². The summed E-state index contributed by atoms with van der Waals surface area (Å²) in [4.78, 5) is 21.6. The Morgan fingerprint density at radius 2 is 2.19 bits per heavy atom. The molecule has 0 aliphatic heterocycles. The summed E-state index contributed by atoms with van der Waals surface area (Å²) in [6.45, 7) is 0.151. The van der Waals surface area contributed by atoms with Crippen LogP contribution in [0, 0.1) is 15.9 Å². The highest BCUT2D eigenvalue weighted by atomic mass is 35.5. The number of nitrogens with one attached hydrogen (secondary N) is 2. The number of nitrogens with zero attached hydrogens (tertiary/aromatic N) is 1. The second-order valence-electron chi connectivity index (χ2n) is 3.99. The summed E-state index contributed by atoms with van der Waals surface area (Å²) in [5.74, 6) is -0.532. The Kier molecular flexibility index (Phi) is 4.71. The number of anilines is 1. The molecule has 9 heteroatoms. The normalized spacial score (nSPS) is 10.2. The SMILES string of the molecule is O=C(NCc1ccc(F)c(Cl)c1)Nc1csc([N+](=O)[O-])c1. The lowest BCUT2D eigenvalue weighted by atomic mass is 10.2. The lowest BCUT2D eigenvalue weighted by molar-refractivity contribution is -0.380. The van der Waals surface area contributed by atoms with E-state index in [4.69, 9.17) is 11.6 Å². The molecule has 1 aromatic carbocycles. The van der Waals surface area contributed by atoms with Crippen LogP contribution < -0.4 is 10.6 Å². The fourth-order valence-corrected chi connectivity index (χ4v) is 2.35. The number of rotatable bonds is 4. The van der Waals surface area contributed by atoms with Crippen LogP contribution in [0.3, 0.4) is 0 Å². The summed E-state index contributed by atoms with van der Waals surface area (Å²) in [6.07, 6.45) is 0. The van der Waals surface area contributed by atoms with E-state index in [2.05, 4.69) is 10.6 Å². The van der Waals surface area contributed by atoms with Gasteiger partial charge >= 0.3 is 11.0 Å². The zero-order valence-corrected chi connectivity index (χ0v) is 12.0.